The Labute approximate surface area is 166 Å². The first kappa shape index (κ1) is 18.5. The smallest absolute Gasteiger partial charge is 0.243 e. The van der Waals surface area contributed by atoms with Crippen molar-refractivity contribution in [1.29, 1.82) is 5.26 Å². The number of anilines is 1. The van der Waals surface area contributed by atoms with E-state index in [-0.39, 0.29) is 11.9 Å². The second-order valence-corrected chi connectivity index (χ2v) is 7.99. The molecule has 2 aromatic rings. The van der Waals surface area contributed by atoms with E-state index in [0.29, 0.717) is 0 Å². The Bertz CT molecular complexity index is 878. The molecule has 1 saturated carbocycles. The second-order valence-electron chi connectivity index (χ2n) is 7.99. The van der Waals surface area contributed by atoms with E-state index in [9.17, 15) is 10.1 Å². The van der Waals surface area contributed by atoms with Crippen LogP contribution in [0.3, 0.4) is 0 Å². The molecule has 1 aliphatic heterocycles. The van der Waals surface area contributed by atoms with Crippen LogP contribution in [0.15, 0.2) is 36.4 Å². The summed E-state index contributed by atoms with van der Waals surface area (Å²) in [5, 5.41) is 16.9. The van der Waals surface area contributed by atoms with Gasteiger partial charge < -0.3 is 10.2 Å². The summed E-state index contributed by atoms with van der Waals surface area (Å²) in [5.74, 6) is 0.997. The van der Waals surface area contributed by atoms with Gasteiger partial charge in [-0.05, 0) is 51.0 Å². The maximum Gasteiger partial charge on any atom is 0.243 e. The van der Waals surface area contributed by atoms with Crippen molar-refractivity contribution in [1.82, 2.24) is 15.1 Å². The van der Waals surface area contributed by atoms with E-state index < -0.39 is 5.54 Å². The Kier molecular flexibility index (Phi) is 5.08. The van der Waals surface area contributed by atoms with Gasteiger partial charge >= 0.3 is 0 Å². The largest absolute Gasteiger partial charge is 0.345 e. The number of rotatable bonds is 7. The average molecular weight is 377 g/mol. The summed E-state index contributed by atoms with van der Waals surface area (Å²) < 4.78 is 2.04. The molecule has 6 nitrogen and oxygen atoms in total. The molecule has 6 heteroatoms. The minimum atomic E-state index is -0.614. The van der Waals surface area contributed by atoms with Gasteiger partial charge in [0.1, 0.15) is 17.4 Å². The van der Waals surface area contributed by atoms with Crippen LogP contribution in [0.2, 0.25) is 0 Å². The molecule has 2 heterocycles. The van der Waals surface area contributed by atoms with Crippen LogP contribution in [0.1, 0.15) is 43.4 Å². The maximum atomic E-state index is 12.8. The number of carbonyl (C=O) groups is 1. The lowest BCUT2D eigenvalue weighted by atomic mass is 10.1. The zero-order valence-electron chi connectivity index (χ0n) is 16.4. The number of hydrogen-bond acceptors (Lipinski definition) is 4. The van der Waals surface area contributed by atoms with E-state index in [1.54, 1.807) is 0 Å². The van der Waals surface area contributed by atoms with Crippen molar-refractivity contribution in [3.05, 3.63) is 47.7 Å². The van der Waals surface area contributed by atoms with Gasteiger partial charge in [-0.1, -0.05) is 30.3 Å². The fourth-order valence-electron chi connectivity index (χ4n) is 4.03. The minimum Gasteiger partial charge on any atom is -0.345 e. The predicted octanol–water partition coefficient (Wildman–Crippen LogP) is 2.97. The number of aromatic nitrogens is 2. The van der Waals surface area contributed by atoms with Crippen LogP contribution in [-0.4, -0.2) is 33.8 Å². The highest BCUT2D eigenvalue weighted by atomic mass is 16.2. The Morgan fingerprint density at radius 3 is 2.86 bits per heavy atom. The summed E-state index contributed by atoms with van der Waals surface area (Å²) in [6.45, 7) is 3.67. The molecule has 1 N–H and O–H groups in total. The fourth-order valence-corrected chi connectivity index (χ4v) is 4.03. The number of hydrogen-bond donors (Lipinski definition) is 1. The summed E-state index contributed by atoms with van der Waals surface area (Å²) in [4.78, 5) is 15.0. The van der Waals surface area contributed by atoms with Crippen molar-refractivity contribution in [3.8, 4) is 6.07 Å². The zero-order chi connectivity index (χ0) is 19.6. The second kappa shape index (κ2) is 7.67. The maximum absolute atomic E-state index is 12.8. The number of nitrogens with one attached hydrogen (secondary N) is 1. The molecule has 1 amide bonds. The van der Waals surface area contributed by atoms with E-state index in [0.717, 1.165) is 63.1 Å². The topological polar surface area (TPSA) is 74.0 Å². The average Bonchev–Trinajstić information content (AvgIpc) is 3.12. The molecule has 0 bridgehead atoms. The van der Waals surface area contributed by atoms with Gasteiger partial charge in [0.15, 0.2) is 0 Å². The molecular weight excluding hydrogens is 350 g/mol. The quantitative estimate of drug-likeness (QED) is 0.805. The third kappa shape index (κ3) is 3.89. The number of nitrogens with zero attached hydrogens (tertiary/aromatic N) is 4. The lowest BCUT2D eigenvalue weighted by Gasteiger charge is -2.27. The van der Waals surface area contributed by atoms with Gasteiger partial charge in [0, 0.05) is 19.2 Å². The monoisotopic (exact) mass is 377 g/mol. The zero-order valence-corrected chi connectivity index (χ0v) is 16.4. The molecule has 2 aliphatic rings. The fraction of sp³-hybridized carbons (Fsp3) is 0.500. The van der Waals surface area contributed by atoms with E-state index in [1.807, 2.05) is 17.7 Å². The van der Waals surface area contributed by atoms with E-state index >= 15 is 0 Å². The predicted molar refractivity (Wildman–Crippen MR) is 108 cm³/mol. The van der Waals surface area contributed by atoms with E-state index in [4.69, 9.17) is 0 Å². The van der Waals surface area contributed by atoms with Crippen LogP contribution in [0, 0.1) is 18.3 Å². The molecule has 146 valence electrons. The molecule has 1 aromatic heterocycles. The van der Waals surface area contributed by atoms with Crippen LogP contribution in [0.25, 0.3) is 0 Å². The van der Waals surface area contributed by atoms with E-state index in [2.05, 4.69) is 51.7 Å². The highest BCUT2D eigenvalue weighted by Crippen LogP contribution is 2.35. The highest BCUT2D eigenvalue weighted by Gasteiger charge is 2.46. The van der Waals surface area contributed by atoms with Crippen LogP contribution in [-0.2, 0) is 17.8 Å². The van der Waals surface area contributed by atoms with Gasteiger partial charge in [-0.2, -0.15) is 10.4 Å². The molecule has 1 unspecified atom stereocenters. The minimum absolute atomic E-state index is 0.0220. The van der Waals surface area contributed by atoms with Gasteiger partial charge in [-0.15, -0.1) is 0 Å². The molecule has 1 aromatic carbocycles. The van der Waals surface area contributed by atoms with Crippen LogP contribution < -0.4 is 10.2 Å². The van der Waals surface area contributed by atoms with Crippen molar-refractivity contribution in [3.63, 3.8) is 0 Å². The van der Waals surface area contributed by atoms with Gasteiger partial charge in [-0.25, -0.2) is 4.68 Å². The number of benzene rings is 1. The number of nitriles is 1. The number of aryl methyl sites for hydroxylation is 3. The lowest BCUT2D eigenvalue weighted by Crippen LogP contribution is -2.48. The molecular formula is C22H27N5O. The SMILES string of the molecule is Cc1cc(N2CCCC2C(=O)NC2(C#N)CC2)n(CCCc2ccccc2)n1. The summed E-state index contributed by atoms with van der Waals surface area (Å²) in [6.07, 6.45) is 5.33. The Balaban J connectivity index is 1.44. The number of carbonyl (C=O) groups excluding carboxylic acids is 1. The molecule has 1 saturated heterocycles. The number of amides is 1. The van der Waals surface area contributed by atoms with Gasteiger partial charge in [-0.3, -0.25) is 4.79 Å². The third-order valence-corrected chi connectivity index (χ3v) is 5.74. The Hall–Kier alpha value is -2.81. The normalized spacial score (nSPS) is 20.0. The first-order valence-corrected chi connectivity index (χ1v) is 10.2. The summed E-state index contributed by atoms with van der Waals surface area (Å²) in [6, 6.07) is 14.6. The highest BCUT2D eigenvalue weighted by molar-refractivity contribution is 5.87. The summed E-state index contributed by atoms with van der Waals surface area (Å²) in [7, 11) is 0. The van der Waals surface area contributed by atoms with Gasteiger partial charge in [0.05, 0.1) is 11.8 Å². The standard InChI is InChI=1S/C22H27N5O/c1-17-15-20(27(25-17)14-5-9-18-7-3-2-4-8-18)26-13-6-10-19(26)21(28)24-22(16-23)11-12-22/h2-4,7-8,15,19H,5-6,9-14H2,1H3,(H,24,28). The van der Waals surface area contributed by atoms with Crippen molar-refractivity contribution in [2.75, 3.05) is 11.4 Å². The first-order valence-electron chi connectivity index (χ1n) is 10.2. The van der Waals surface area contributed by atoms with Gasteiger partial charge in [0.25, 0.3) is 0 Å². The Morgan fingerprint density at radius 2 is 2.14 bits per heavy atom. The van der Waals surface area contributed by atoms with Crippen molar-refractivity contribution in [2.24, 2.45) is 0 Å². The molecule has 1 atom stereocenters. The Morgan fingerprint density at radius 1 is 1.36 bits per heavy atom. The summed E-state index contributed by atoms with van der Waals surface area (Å²) in [5.41, 5.74) is 1.69. The van der Waals surface area contributed by atoms with Crippen molar-refractivity contribution in [2.45, 2.75) is 63.6 Å². The van der Waals surface area contributed by atoms with Crippen molar-refractivity contribution < 1.29 is 4.79 Å². The first-order chi connectivity index (χ1) is 13.6. The molecule has 0 spiro atoms. The third-order valence-electron chi connectivity index (χ3n) is 5.74. The lowest BCUT2D eigenvalue weighted by molar-refractivity contribution is -0.122. The molecule has 0 radical (unpaired) electrons. The van der Waals surface area contributed by atoms with Crippen LogP contribution in [0.5, 0.6) is 0 Å². The van der Waals surface area contributed by atoms with Crippen LogP contribution in [0.4, 0.5) is 5.82 Å². The molecule has 4 rings (SSSR count). The van der Waals surface area contributed by atoms with Crippen LogP contribution >= 0.6 is 0 Å². The molecule has 1 aliphatic carbocycles. The van der Waals surface area contributed by atoms with Gasteiger partial charge in [0.2, 0.25) is 5.91 Å². The van der Waals surface area contributed by atoms with E-state index in [1.165, 1.54) is 5.56 Å². The van der Waals surface area contributed by atoms with Crippen molar-refractivity contribution >= 4 is 11.7 Å². The summed E-state index contributed by atoms with van der Waals surface area (Å²) >= 11 is 0. The molecule has 28 heavy (non-hydrogen) atoms. The molecule has 2 fully saturated rings.